The molecule has 0 amide bonds. The van der Waals surface area contributed by atoms with Gasteiger partial charge in [0.1, 0.15) is 0 Å². The van der Waals surface area contributed by atoms with Crippen LogP contribution in [-0.4, -0.2) is 61.7 Å². The molecule has 2 aliphatic heterocycles. The highest BCUT2D eigenvalue weighted by atomic mass is 15.2. The number of rotatable bonds is 6. The maximum Gasteiger partial charge on any atom is 0.0112 e. The standard InChI is InChI=1S/C16H31N3/c1-2-10-18(11-3-1)12-13-19(16-4-5-16)14-15-6-8-17-9-7-15/h15-17H,1-14H2. The summed E-state index contributed by atoms with van der Waals surface area (Å²) in [4.78, 5) is 5.52. The van der Waals surface area contributed by atoms with Crippen LogP contribution < -0.4 is 5.32 Å². The van der Waals surface area contributed by atoms with Crippen molar-refractivity contribution in [3.63, 3.8) is 0 Å². The Balaban J connectivity index is 1.41. The van der Waals surface area contributed by atoms with Gasteiger partial charge < -0.3 is 10.2 Å². The molecule has 1 aliphatic carbocycles. The average Bonchev–Trinajstić information content (AvgIpc) is 3.30. The highest BCUT2D eigenvalue weighted by Gasteiger charge is 2.30. The molecule has 3 rings (SSSR count). The summed E-state index contributed by atoms with van der Waals surface area (Å²) in [7, 11) is 0. The summed E-state index contributed by atoms with van der Waals surface area (Å²) in [6.07, 6.45) is 10.0. The third kappa shape index (κ3) is 4.44. The molecule has 0 atom stereocenters. The topological polar surface area (TPSA) is 18.5 Å². The molecule has 1 saturated carbocycles. The van der Waals surface area contributed by atoms with E-state index >= 15 is 0 Å². The molecule has 0 spiro atoms. The van der Waals surface area contributed by atoms with Crippen molar-refractivity contribution in [2.45, 2.75) is 51.0 Å². The smallest absolute Gasteiger partial charge is 0.0112 e. The van der Waals surface area contributed by atoms with Crippen LogP contribution in [0.4, 0.5) is 0 Å². The molecular weight excluding hydrogens is 234 g/mol. The number of nitrogens with zero attached hydrogens (tertiary/aromatic N) is 2. The van der Waals surface area contributed by atoms with Gasteiger partial charge in [-0.25, -0.2) is 0 Å². The van der Waals surface area contributed by atoms with Gasteiger partial charge in [0.2, 0.25) is 0 Å². The normalized spacial score (nSPS) is 27.0. The van der Waals surface area contributed by atoms with E-state index in [9.17, 15) is 0 Å². The van der Waals surface area contributed by atoms with Gasteiger partial charge >= 0.3 is 0 Å². The van der Waals surface area contributed by atoms with Crippen molar-refractivity contribution in [2.75, 3.05) is 45.8 Å². The summed E-state index contributed by atoms with van der Waals surface area (Å²) in [5.41, 5.74) is 0. The minimum Gasteiger partial charge on any atom is -0.317 e. The van der Waals surface area contributed by atoms with Crippen molar-refractivity contribution in [1.29, 1.82) is 0 Å². The molecule has 3 heteroatoms. The van der Waals surface area contributed by atoms with E-state index in [2.05, 4.69) is 15.1 Å². The zero-order valence-electron chi connectivity index (χ0n) is 12.4. The largest absolute Gasteiger partial charge is 0.317 e. The summed E-state index contributed by atoms with van der Waals surface area (Å²) in [5, 5.41) is 3.49. The highest BCUT2D eigenvalue weighted by molar-refractivity contribution is 4.87. The molecule has 3 aliphatic rings. The van der Waals surface area contributed by atoms with E-state index in [0.717, 1.165) is 12.0 Å². The van der Waals surface area contributed by atoms with Crippen LogP contribution in [-0.2, 0) is 0 Å². The number of hydrogen-bond acceptors (Lipinski definition) is 3. The van der Waals surface area contributed by atoms with Crippen LogP contribution in [0.25, 0.3) is 0 Å². The molecule has 0 unspecified atom stereocenters. The average molecular weight is 265 g/mol. The van der Waals surface area contributed by atoms with Gasteiger partial charge in [-0.1, -0.05) is 6.42 Å². The van der Waals surface area contributed by atoms with E-state index in [0.29, 0.717) is 0 Å². The van der Waals surface area contributed by atoms with Crippen molar-refractivity contribution in [3.05, 3.63) is 0 Å². The summed E-state index contributed by atoms with van der Waals surface area (Å²) in [5.74, 6) is 0.961. The molecule has 0 aromatic rings. The molecule has 3 fully saturated rings. The SMILES string of the molecule is C1CCN(CCN(CC2CCNCC2)C2CC2)CC1. The van der Waals surface area contributed by atoms with Crippen LogP contribution in [0.5, 0.6) is 0 Å². The monoisotopic (exact) mass is 265 g/mol. The van der Waals surface area contributed by atoms with Crippen LogP contribution in [0.3, 0.4) is 0 Å². The summed E-state index contributed by atoms with van der Waals surface area (Å²) in [6, 6.07) is 0.944. The van der Waals surface area contributed by atoms with Gasteiger partial charge in [0.25, 0.3) is 0 Å². The maximum atomic E-state index is 3.49. The second kappa shape index (κ2) is 7.05. The zero-order chi connectivity index (χ0) is 12.9. The molecule has 0 radical (unpaired) electrons. The summed E-state index contributed by atoms with van der Waals surface area (Å²) < 4.78 is 0. The fourth-order valence-electron chi connectivity index (χ4n) is 3.71. The Hall–Kier alpha value is -0.120. The first kappa shape index (κ1) is 13.8. The third-order valence-corrected chi connectivity index (χ3v) is 5.17. The van der Waals surface area contributed by atoms with E-state index in [1.807, 2.05) is 0 Å². The quantitative estimate of drug-likeness (QED) is 0.792. The fraction of sp³-hybridized carbons (Fsp3) is 1.00. The number of nitrogens with one attached hydrogen (secondary N) is 1. The Labute approximate surface area is 118 Å². The number of piperidine rings is 2. The minimum atomic E-state index is 0.944. The van der Waals surface area contributed by atoms with Crippen LogP contribution in [0.15, 0.2) is 0 Å². The maximum absolute atomic E-state index is 3.49. The molecule has 0 aromatic heterocycles. The first-order valence-corrected chi connectivity index (χ1v) is 8.59. The molecule has 0 bridgehead atoms. The Morgan fingerprint density at radius 1 is 0.947 bits per heavy atom. The summed E-state index contributed by atoms with van der Waals surface area (Å²) >= 11 is 0. The van der Waals surface area contributed by atoms with Gasteiger partial charge in [0.15, 0.2) is 0 Å². The lowest BCUT2D eigenvalue weighted by atomic mass is 9.97. The van der Waals surface area contributed by atoms with E-state index in [-0.39, 0.29) is 0 Å². The van der Waals surface area contributed by atoms with Crippen LogP contribution in [0, 0.1) is 5.92 Å². The molecular formula is C16H31N3. The van der Waals surface area contributed by atoms with Crippen molar-refractivity contribution in [1.82, 2.24) is 15.1 Å². The molecule has 19 heavy (non-hydrogen) atoms. The Morgan fingerprint density at radius 2 is 1.68 bits per heavy atom. The summed E-state index contributed by atoms with van der Waals surface area (Å²) in [6.45, 7) is 9.22. The lowest BCUT2D eigenvalue weighted by molar-refractivity contribution is 0.153. The Kier molecular flexibility index (Phi) is 5.14. The van der Waals surface area contributed by atoms with E-state index in [4.69, 9.17) is 0 Å². The number of hydrogen-bond donors (Lipinski definition) is 1. The highest BCUT2D eigenvalue weighted by Crippen LogP contribution is 2.28. The van der Waals surface area contributed by atoms with Crippen LogP contribution >= 0.6 is 0 Å². The molecule has 0 aromatic carbocycles. The van der Waals surface area contributed by atoms with Crippen molar-refractivity contribution in [2.24, 2.45) is 5.92 Å². The molecule has 1 N–H and O–H groups in total. The number of likely N-dealkylation sites (tertiary alicyclic amines) is 1. The first-order valence-electron chi connectivity index (χ1n) is 8.59. The van der Waals surface area contributed by atoms with Crippen molar-refractivity contribution < 1.29 is 0 Å². The van der Waals surface area contributed by atoms with E-state index < -0.39 is 0 Å². The predicted octanol–water partition coefficient (Wildman–Crippen LogP) is 1.94. The molecule has 110 valence electrons. The molecule has 3 nitrogen and oxygen atoms in total. The van der Waals surface area contributed by atoms with Gasteiger partial charge in [0.05, 0.1) is 0 Å². The fourth-order valence-corrected chi connectivity index (χ4v) is 3.71. The molecule has 2 heterocycles. The third-order valence-electron chi connectivity index (χ3n) is 5.17. The van der Waals surface area contributed by atoms with Gasteiger partial charge in [-0.2, -0.15) is 0 Å². The first-order chi connectivity index (χ1) is 9.42. The van der Waals surface area contributed by atoms with Crippen molar-refractivity contribution in [3.8, 4) is 0 Å². The Morgan fingerprint density at radius 3 is 2.37 bits per heavy atom. The van der Waals surface area contributed by atoms with Gasteiger partial charge in [-0.05, 0) is 70.6 Å². The molecule has 2 saturated heterocycles. The van der Waals surface area contributed by atoms with Crippen LogP contribution in [0.1, 0.15) is 44.9 Å². The van der Waals surface area contributed by atoms with Gasteiger partial charge in [-0.15, -0.1) is 0 Å². The van der Waals surface area contributed by atoms with Gasteiger partial charge in [0, 0.05) is 25.7 Å². The second-order valence-electron chi connectivity index (χ2n) is 6.82. The predicted molar refractivity (Wildman–Crippen MR) is 80.5 cm³/mol. The lowest BCUT2D eigenvalue weighted by Crippen LogP contribution is -2.42. The minimum absolute atomic E-state index is 0.944. The second-order valence-corrected chi connectivity index (χ2v) is 6.82. The Bertz CT molecular complexity index is 253. The van der Waals surface area contributed by atoms with E-state index in [1.165, 1.54) is 90.8 Å². The van der Waals surface area contributed by atoms with Crippen molar-refractivity contribution >= 4 is 0 Å². The van der Waals surface area contributed by atoms with E-state index in [1.54, 1.807) is 0 Å². The lowest BCUT2D eigenvalue weighted by Gasteiger charge is -2.33. The van der Waals surface area contributed by atoms with Gasteiger partial charge in [-0.3, -0.25) is 4.90 Å². The zero-order valence-corrected chi connectivity index (χ0v) is 12.4. The van der Waals surface area contributed by atoms with Crippen LogP contribution in [0.2, 0.25) is 0 Å².